The van der Waals surface area contributed by atoms with Crippen molar-refractivity contribution in [3.63, 3.8) is 0 Å². The Balaban J connectivity index is 1.35. The molecule has 39 heavy (non-hydrogen) atoms. The summed E-state index contributed by atoms with van der Waals surface area (Å²) in [4.78, 5) is 16.2. The minimum Gasteiger partial charge on any atom is -0.479 e. The van der Waals surface area contributed by atoms with Gasteiger partial charge in [-0.3, -0.25) is 0 Å². The van der Waals surface area contributed by atoms with Crippen LogP contribution >= 0.6 is 11.6 Å². The fourth-order valence-corrected chi connectivity index (χ4v) is 4.92. The first-order valence-corrected chi connectivity index (χ1v) is 13.4. The van der Waals surface area contributed by atoms with Crippen molar-refractivity contribution in [1.82, 2.24) is 4.98 Å². The van der Waals surface area contributed by atoms with Crippen molar-refractivity contribution in [1.29, 1.82) is 0 Å². The zero-order chi connectivity index (χ0) is 27.2. The number of rotatable bonds is 10. The molecular weight excluding hydrogens is 514 g/mol. The molecule has 6 nitrogen and oxygen atoms in total. The highest BCUT2D eigenvalue weighted by atomic mass is 35.5. The first kappa shape index (κ1) is 26.9. The molecule has 1 atom stereocenters. The second-order valence-electron chi connectivity index (χ2n) is 9.44. The van der Waals surface area contributed by atoms with Gasteiger partial charge in [0.25, 0.3) is 0 Å². The number of ether oxygens (including phenoxy) is 3. The third-order valence-corrected chi connectivity index (χ3v) is 7.05. The monoisotopic (exact) mass is 543 g/mol. The Morgan fingerprint density at radius 2 is 1.85 bits per heavy atom. The van der Waals surface area contributed by atoms with Crippen LogP contribution in [0.15, 0.2) is 78.9 Å². The van der Waals surface area contributed by atoms with Crippen molar-refractivity contribution >= 4 is 40.6 Å². The molecule has 0 radical (unpaired) electrons. The second-order valence-corrected chi connectivity index (χ2v) is 9.88. The van der Waals surface area contributed by atoms with Gasteiger partial charge in [0.05, 0.1) is 24.4 Å². The predicted octanol–water partition coefficient (Wildman–Crippen LogP) is 7.13. The lowest BCUT2D eigenvalue weighted by Gasteiger charge is -2.28. The molecule has 0 amide bonds. The molecule has 0 saturated carbocycles. The van der Waals surface area contributed by atoms with E-state index < -0.39 is 17.9 Å². The van der Waals surface area contributed by atoms with Gasteiger partial charge in [-0.25, -0.2) is 9.78 Å². The standard InChI is InChI=1S/C32H30ClNO5/c1-2-29(31(35)36)39-30-9-4-3-7-24(30)16-17-32(37-18-19-38-32)25-8-5-6-22(20-25)10-14-27-15-12-23-11-13-26(33)21-28(23)34-27/h3-15,20-21,29H,2,16-19H2,1H3,(H,35,36)/b14-10+. The number of halogens is 1. The minimum atomic E-state index is -0.973. The summed E-state index contributed by atoms with van der Waals surface area (Å²) in [5, 5.41) is 11.1. The maximum absolute atomic E-state index is 11.5. The van der Waals surface area contributed by atoms with Crippen molar-refractivity contribution < 1.29 is 24.1 Å². The Bertz CT molecular complexity index is 1500. The first-order chi connectivity index (χ1) is 19.0. The van der Waals surface area contributed by atoms with Gasteiger partial charge in [0.1, 0.15) is 5.75 Å². The number of aliphatic carboxylic acids is 1. The quantitative estimate of drug-likeness (QED) is 0.229. The largest absolute Gasteiger partial charge is 0.479 e. The van der Waals surface area contributed by atoms with Crippen molar-refractivity contribution in [3.05, 3.63) is 106 Å². The highest BCUT2D eigenvalue weighted by Crippen LogP contribution is 2.37. The molecule has 200 valence electrons. The summed E-state index contributed by atoms with van der Waals surface area (Å²) in [6.45, 7) is 2.79. The van der Waals surface area contributed by atoms with Gasteiger partial charge in [0.15, 0.2) is 11.9 Å². The van der Waals surface area contributed by atoms with E-state index in [1.807, 2.05) is 84.9 Å². The molecule has 1 aromatic heterocycles. The van der Waals surface area contributed by atoms with Gasteiger partial charge in [-0.05, 0) is 60.4 Å². The number of carboxylic acids is 1. The second kappa shape index (κ2) is 12.0. The summed E-state index contributed by atoms with van der Waals surface area (Å²) < 4.78 is 18.2. The van der Waals surface area contributed by atoms with Crippen LogP contribution in [-0.2, 0) is 26.5 Å². The van der Waals surface area contributed by atoms with E-state index in [0.717, 1.165) is 33.3 Å². The molecule has 1 saturated heterocycles. The SMILES string of the molecule is CCC(Oc1ccccc1CCC1(c2cccc(/C=C/c3ccc4ccc(Cl)cc4n3)c2)OCCO1)C(=O)O. The molecule has 0 spiro atoms. The Morgan fingerprint density at radius 1 is 1.05 bits per heavy atom. The molecule has 5 rings (SSSR count). The molecule has 0 bridgehead atoms. The highest BCUT2D eigenvalue weighted by Gasteiger charge is 2.38. The van der Waals surface area contributed by atoms with E-state index in [-0.39, 0.29) is 0 Å². The smallest absolute Gasteiger partial charge is 0.344 e. The number of pyridine rings is 1. The number of para-hydroxylation sites is 1. The molecular formula is C32H30ClNO5. The van der Waals surface area contributed by atoms with Crippen LogP contribution < -0.4 is 4.74 Å². The van der Waals surface area contributed by atoms with E-state index in [1.54, 1.807) is 6.92 Å². The number of hydrogen-bond donors (Lipinski definition) is 1. The Labute approximate surface area is 232 Å². The number of carbonyl (C=O) groups is 1. The van der Waals surface area contributed by atoms with Crippen LogP contribution in [0.3, 0.4) is 0 Å². The number of carboxylic acid groups (broad SMARTS) is 1. The minimum absolute atomic E-state index is 0.378. The Hall–Kier alpha value is -3.71. The lowest BCUT2D eigenvalue weighted by Crippen LogP contribution is -2.29. The maximum atomic E-state index is 11.5. The molecule has 7 heteroatoms. The van der Waals surface area contributed by atoms with Crippen LogP contribution in [0.2, 0.25) is 5.02 Å². The van der Waals surface area contributed by atoms with Crippen LogP contribution in [0.4, 0.5) is 0 Å². The van der Waals surface area contributed by atoms with E-state index >= 15 is 0 Å². The van der Waals surface area contributed by atoms with Crippen LogP contribution in [0, 0.1) is 0 Å². The van der Waals surface area contributed by atoms with Gasteiger partial charge in [0, 0.05) is 22.4 Å². The zero-order valence-electron chi connectivity index (χ0n) is 21.7. The third-order valence-electron chi connectivity index (χ3n) is 6.81. The first-order valence-electron chi connectivity index (χ1n) is 13.1. The molecule has 4 aromatic rings. The number of fused-ring (bicyclic) bond motifs is 1. The third kappa shape index (κ3) is 6.31. The molecule has 3 aromatic carbocycles. The summed E-state index contributed by atoms with van der Waals surface area (Å²) in [6, 6.07) is 25.3. The summed E-state index contributed by atoms with van der Waals surface area (Å²) in [5.74, 6) is -1.30. The average Bonchev–Trinajstić information content (AvgIpc) is 3.44. The van der Waals surface area contributed by atoms with E-state index in [9.17, 15) is 9.90 Å². The van der Waals surface area contributed by atoms with Gasteiger partial charge in [0.2, 0.25) is 0 Å². The van der Waals surface area contributed by atoms with E-state index in [0.29, 0.717) is 43.2 Å². The highest BCUT2D eigenvalue weighted by molar-refractivity contribution is 6.31. The van der Waals surface area contributed by atoms with Crippen molar-refractivity contribution in [3.8, 4) is 5.75 Å². The summed E-state index contributed by atoms with van der Waals surface area (Å²) in [7, 11) is 0. The number of aryl methyl sites for hydroxylation is 1. The molecule has 1 aliphatic rings. The fraction of sp³-hybridized carbons (Fsp3) is 0.250. The average molecular weight is 544 g/mol. The number of nitrogens with zero attached hydrogens (tertiary/aromatic N) is 1. The molecule has 1 aliphatic heterocycles. The van der Waals surface area contributed by atoms with Crippen LogP contribution in [0.1, 0.15) is 42.1 Å². The lowest BCUT2D eigenvalue weighted by molar-refractivity contribution is -0.170. The van der Waals surface area contributed by atoms with Crippen molar-refractivity contribution in [2.24, 2.45) is 0 Å². The topological polar surface area (TPSA) is 77.9 Å². The van der Waals surface area contributed by atoms with Crippen LogP contribution in [0.5, 0.6) is 5.75 Å². The maximum Gasteiger partial charge on any atom is 0.344 e. The van der Waals surface area contributed by atoms with Crippen LogP contribution in [-0.4, -0.2) is 35.4 Å². The van der Waals surface area contributed by atoms with Gasteiger partial charge in [-0.15, -0.1) is 0 Å². The summed E-state index contributed by atoms with van der Waals surface area (Å²) >= 11 is 6.14. The van der Waals surface area contributed by atoms with Gasteiger partial charge in [-0.2, -0.15) is 0 Å². The molecule has 2 heterocycles. The van der Waals surface area contributed by atoms with Crippen molar-refractivity contribution in [2.75, 3.05) is 13.2 Å². The molecule has 1 fully saturated rings. The van der Waals surface area contributed by atoms with Crippen LogP contribution in [0.25, 0.3) is 23.1 Å². The van der Waals surface area contributed by atoms with Gasteiger partial charge in [-0.1, -0.05) is 73.1 Å². The number of benzene rings is 3. The normalized spacial score (nSPS) is 15.5. The Kier molecular flexibility index (Phi) is 8.27. The predicted molar refractivity (Wildman–Crippen MR) is 153 cm³/mol. The van der Waals surface area contributed by atoms with E-state index in [4.69, 9.17) is 30.8 Å². The van der Waals surface area contributed by atoms with Crippen molar-refractivity contribution in [2.45, 2.75) is 38.1 Å². The molecule has 1 N–H and O–H groups in total. The number of aromatic nitrogens is 1. The lowest BCUT2D eigenvalue weighted by atomic mass is 9.95. The fourth-order valence-electron chi connectivity index (χ4n) is 4.76. The zero-order valence-corrected chi connectivity index (χ0v) is 22.4. The van der Waals surface area contributed by atoms with Gasteiger partial charge >= 0.3 is 5.97 Å². The molecule has 0 aliphatic carbocycles. The van der Waals surface area contributed by atoms with E-state index in [1.165, 1.54) is 0 Å². The van der Waals surface area contributed by atoms with E-state index in [2.05, 4.69) is 6.07 Å². The Morgan fingerprint density at radius 3 is 2.64 bits per heavy atom. The molecule has 1 unspecified atom stereocenters. The summed E-state index contributed by atoms with van der Waals surface area (Å²) in [5.41, 5.74) is 4.52. The van der Waals surface area contributed by atoms with Gasteiger partial charge < -0.3 is 19.3 Å². The number of hydrogen-bond acceptors (Lipinski definition) is 5. The summed E-state index contributed by atoms with van der Waals surface area (Å²) in [6.07, 6.45) is 4.63.